The van der Waals surface area contributed by atoms with Crippen molar-refractivity contribution in [1.82, 2.24) is 10.6 Å². The van der Waals surface area contributed by atoms with Gasteiger partial charge >= 0.3 is 6.03 Å². The van der Waals surface area contributed by atoms with E-state index in [0.29, 0.717) is 5.56 Å². The van der Waals surface area contributed by atoms with Crippen LogP contribution < -0.4 is 10.6 Å². The van der Waals surface area contributed by atoms with Crippen LogP contribution in [0.5, 0.6) is 0 Å². The molecular weight excluding hydrogens is 259 g/mol. The molecule has 0 spiro atoms. The molecule has 0 aromatic heterocycles. The van der Waals surface area contributed by atoms with E-state index in [-0.39, 0.29) is 24.8 Å². The number of benzene rings is 1. The highest BCUT2D eigenvalue weighted by molar-refractivity contribution is 5.73. The third-order valence-corrected chi connectivity index (χ3v) is 3.46. The topological polar surface area (TPSA) is 61.4 Å². The molecule has 0 aliphatic carbocycles. The second-order valence-electron chi connectivity index (χ2n) is 4.80. The Morgan fingerprint density at radius 1 is 1.25 bits per heavy atom. The summed E-state index contributed by atoms with van der Waals surface area (Å²) in [5, 5.41) is 15.1. The lowest BCUT2D eigenvalue weighted by atomic mass is 9.97. The molecule has 1 aromatic rings. The van der Waals surface area contributed by atoms with Gasteiger partial charge in [-0.3, -0.25) is 0 Å². The summed E-state index contributed by atoms with van der Waals surface area (Å²) in [7, 11) is 0. The van der Waals surface area contributed by atoms with E-state index in [9.17, 15) is 14.3 Å². The molecule has 0 aliphatic heterocycles. The van der Waals surface area contributed by atoms with Gasteiger partial charge in [-0.1, -0.05) is 44.9 Å². The number of urea groups is 1. The van der Waals surface area contributed by atoms with Crippen LogP contribution >= 0.6 is 0 Å². The zero-order chi connectivity index (χ0) is 15.0. The Labute approximate surface area is 119 Å². The fraction of sp³-hybridized carbons (Fsp3) is 0.533. The largest absolute Gasteiger partial charge is 0.391 e. The number of carbonyl (C=O) groups excluding carboxylic acids is 1. The Kier molecular flexibility index (Phi) is 7.01. The van der Waals surface area contributed by atoms with Gasteiger partial charge in [-0.05, 0) is 12.0 Å². The van der Waals surface area contributed by atoms with Crippen molar-refractivity contribution in [2.75, 3.05) is 6.54 Å². The van der Waals surface area contributed by atoms with E-state index >= 15 is 0 Å². The van der Waals surface area contributed by atoms with Gasteiger partial charge in [-0.2, -0.15) is 0 Å². The number of rotatable bonds is 7. The molecule has 112 valence electrons. The Morgan fingerprint density at radius 3 is 2.50 bits per heavy atom. The maximum absolute atomic E-state index is 13.3. The zero-order valence-corrected chi connectivity index (χ0v) is 12.0. The molecule has 0 aliphatic rings. The van der Waals surface area contributed by atoms with Crippen molar-refractivity contribution in [2.45, 2.75) is 39.3 Å². The summed E-state index contributed by atoms with van der Waals surface area (Å²) in [6, 6.07) is 5.89. The summed E-state index contributed by atoms with van der Waals surface area (Å²) in [6.07, 6.45) is 1.19. The van der Waals surface area contributed by atoms with Crippen LogP contribution in [0.4, 0.5) is 9.18 Å². The summed E-state index contributed by atoms with van der Waals surface area (Å²) >= 11 is 0. The summed E-state index contributed by atoms with van der Waals surface area (Å²) in [6.45, 7) is 4.35. The van der Waals surface area contributed by atoms with E-state index < -0.39 is 12.1 Å². The summed E-state index contributed by atoms with van der Waals surface area (Å²) in [5.41, 5.74) is 0.434. The fourth-order valence-corrected chi connectivity index (χ4v) is 2.08. The van der Waals surface area contributed by atoms with Crippen LogP contribution in [-0.2, 0) is 6.54 Å². The number of hydrogen-bond donors (Lipinski definition) is 3. The van der Waals surface area contributed by atoms with E-state index in [2.05, 4.69) is 10.6 Å². The fourth-order valence-electron chi connectivity index (χ4n) is 2.08. The van der Waals surface area contributed by atoms with Crippen molar-refractivity contribution in [1.29, 1.82) is 0 Å². The number of hydrogen-bond acceptors (Lipinski definition) is 2. The highest BCUT2D eigenvalue weighted by atomic mass is 19.1. The van der Waals surface area contributed by atoms with E-state index in [1.165, 1.54) is 6.07 Å². The predicted octanol–water partition coefficient (Wildman–Crippen LogP) is 2.42. The number of aliphatic hydroxyl groups excluding tert-OH is 1. The summed E-state index contributed by atoms with van der Waals surface area (Å²) < 4.78 is 13.3. The van der Waals surface area contributed by atoms with E-state index in [1.54, 1.807) is 18.2 Å². The Morgan fingerprint density at radius 2 is 1.90 bits per heavy atom. The van der Waals surface area contributed by atoms with Gasteiger partial charge in [0.25, 0.3) is 0 Å². The summed E-state index contributed by atoms with van der Waals surface area (Å²) in [4.78, 5) is 11.6. The van der Waals surface area contributed by atoms with Crippen LogP contribution in [-0.4, -0.2) is 23.8 Å². The van der Waals surface area contributed by atoms with Crippen molar-refractivity contribution in [2.24, 2.45) is 5.92 Å². The molecule has 2 amide bonds. The Bertz CT molecular complexity index is 422. The molecule has 20 heavy (non-hydrogen) atoms. The maximum atomic E-state index is 13.3. The van der Waals surface area contributed by atoms with Gasteiger partial charge in [0.2, 0.25) is 0 Å². The van der Waals surface area contributed by atoms with Crippen LogP contribution in [0.2, 0.25) is 0 Å². The van der Waals surface area contributed by atoms with Crippen molar-refractivity contribution in [3.63, 3.8) is 0 Å². The number of aliphatic hydroxyl groups is 1. The Balaban J connectivity index is 2.32. The van der Waals surface area contributed by atoms with E-state index in [1.807, 2.05) is 13.8 Å². The molecule has 0 saturated heterocycles. The van der Waals surface area contributed by atoms with Crippen LogP contribution in [0, 0.1) is 11.7 Å². The molecule has 3 N–H and O–H groups in total. The van der Waals surface area contributed by atoms with Crippen LogP contribution in [0.15, 0.2) is 24.3 Å². The van der Waals surface area contributed by atoms with Crippen LogP contribution in [0.25, 0.3) is 0 Å². The highest BCUT2D eigenvalue weighted by Crippen LogP contribution is 2.12. The molecule has 4 nitrogen and oxygen atoms in total. The van der Waals surface area contributed by atoms with Gasteiger partial charge in [-0.25, -0.2) is 9.18 Å². The minimum Gasteiger partial charge on any atom is -0.391 e. The minimum absolute atomic E-state index is 0.125. The van der Waals surface area contributed by atoms with Crippen molar-refractivity contribution in [3.05, 3.63) is 35.6 Å². The van der Waals surface area contributed by atoms with Gasteiger partial charge in [0.05, 0.1) is 6.10 Å². The second kappa shape index (κ2) is 8.53. The number of amides is 2. The molecule has 1 atom stereocenters. The zero-order valence-electron chi connectivity index (χ0n) is 12.0. The first-order valence-corrected chi connectivity index (χ1v) is 7.01. The molecule has 0 fully saturated rings. The average molecular weight is 282 g/mol. The molecule has 0 bridgehead atoms. The van der Waals surface area contributed by atoms with Gasteiger partial charge in [0.1, 0.15) is 5.82 Å². The summed E-state index contributed by atoms with van der Waals surface area (Å²) in [5.74, 6) is -0.160. The van der Waals surface area contributed by atoms with Crippen LogP contribution in [0.3, 0.4) is 0 Å². The smallest absolute Gasteiger partial charge is 0.315 e. The van der Waals surface area contributed by atoms with Crippen molar-refractivity contribution < 1.29 is 14.3 Å². The Hall–Kier alpha value is -1.62. The van der Waals surface area contributed by atoms with E-state index in [0.717, 1.165) is 12.8 Å². The quantitative estimate of drug-likeness (QED) is 0.719. The monoisotopic (exact) mass is 282 g/mol. The molecule has 1 aromatic carbocycles. The molecule has 0 heterocycles. The van der Waals surface area contributed by atoms with Gasteiger partial charge in [-0.15, -0.1) is 0 Å². The molecule has 0 saturated carbocycles. The minimum atomic E-state index is -0.552. The predicted molar refractivity (Wildman–Crippen MR) is 76.7 cm³/mol. The van der Waals surface area contributed by atoms with Gasteiger partial charge < -0.3 is 15.7 Å². The molecule has 5 heteroatoms. The van der Waals surface area contributed by atoms with E-state index in [4.69, 9.17) is 0 Å². The maximum Gasteiger partial charge on any atom is 0.315 e. The highest BCUT2D eigenvalue weighted by Gasteiger charge is 2.16. The third kappa shape index (κ3) is 5.17. The first kappa shape index (κ1) is 16.4. The molecule has 1 unspecified atom stereocenters. The lowest BCUT2D eigenvalue weighted by Gasteiger charge is -2.20. The van der Waals surface area contributed by atoms with Crippen molar-refractivity contribution in [3.8, 4) is 0 Å². The lowest BCUT2D eigenvalue weighted by Crippen LogP contribution is -2.41. The average Bonchev–Trinajstić information content (AvgIpc) is 2.45. The lowest BCUT2D eigenvalue weighted by molar-refractivity contribution is 0.103. The number of nitrogens with one attached hydrogen (secondary N) is 2. The van der Waals surface area contributed by atoms with Gasteiger partial charge in [0.15, 0.2) is 0 Å². The molecular formula is C15H23FN2O2. The van der Waals surface area contributed by atoms with Crippen LogP contribution in [0.1, 0.15) is 32.3 Å². The SMILES string of the molecule is CCC(CC)C(O)CNC(=O)NCc1ccccc1F. The first-order chi connectivity index (χ1) is 9.58. The molecule has 1 rings (SSSR count). The number of halogens is 1. The van der Waals surface area contributed by atoms with Crippen molar-refractivity contribution >= 4 is 6.03 Å². The standard InChI is InChI=1S/C15H23FN2O2/c1-3-11(4-2)14(19)10-18-15(20)17-9-12-7-5-6-8-13(12)16/h5-8,11,14,19H,3-4,9-10H2,1-2H3,(H2,17,18,20). The molecule has 0 radical (unpaired) electrons. The third-order valence-electron chi connectivity index (χ3n) is 3.46. The normalized spacial score (nSPS) is 12.2. The number of carbonyl (C=O) groups is 1. The van der Waals surface area contributed by atoms with Gasteiger partial charge in [0, 0.05) is 18.7 Å². The second-order valence-corrected chi connectivity index (χ2v) is 4.80. The first-order valence-electron chi connectivity index (χ1n) is 7.01.